The van der Waals surface area contributed by atoms with Crippen molar-refractivity contribution >= 4 is 43.7 Å². The Hall–Kier alpha value is -4.88. The maximum Gasteiger partial charge on any atom is 0.0390 e. The van der Waals surface area contributed by atoms with E-state index in [0.717, 1.165) is 11.4 Å². The molecule has 0 unspecified atom stereocenters. The molecular weight excluding hydrogens is 446 g/mol. The molecule has 37 heavy (non-hydrogen) atoms. The highest BCUT2D eigenvalue weighted by Gasteiger charge is 2.09. The molecule has 174 valence electrons. The Bertz CT molecular complexity index is 1890. The van der Waals surface area contributed by atoms with Gasteiger partial charge in [-0.05, 0) is 84.9 Å². The fraction of sp³-hybridized carbons (Fsp3) is 0. The predicted molar refractivity (Wildman–Crippen MR) is 160 cm³/mol. The summed E-state index contributed by atoms with van der Waals surface area (Å²) in [6.45, 7) is 0. The third kappa shape index (κ3) is 3.91. The fourth-order valence-electron chi connectivity index (χ4n) is 5.43. The van der Waals surface area contributed by atoms with Crippen LogP contribution >= 0.6 is 0 Å². The Morgan fingerprint density at radius 3 is 1.81 bits per heavy atom. The van der Waals surface area contributed by atoms with E-state index in [4.69, 9.17) is 0 Å². The lowest BCUT2D eigenvalue weighted by atomic mass is 9.93. The third-order valence-electron chi connectivity index (χ3n) is 7.22. The first-order valence-electron chi connectivity index (χ1n) is 12.7. The Morgan fingerprint density at radius 2 is 0.973 bits per heavy atom. The average Bonchev–Trinajstić information content (AvgIpc) is 2.97. The fourth-order valence-corrected chi connectivity index (χ4v) is 5.43. The van der Waals surface area contributed by atoms with Crippen LogP contribution in [0.25, 0.3) is 54.6 Å². The van der Waals surface area contributed by atoms with Gasteiger partial charge in [0, 0.05) is 11.4 Å². The van der Waals surface area contributed by atoms with Crippen LogP contribution in [0.1, 0.15) is 0 Å². The molecule has 7 rings (SSSR count). The summed E-state index contributed by atoms with van der Waals surface area (Å²) in [5, 5.41) is 11.3. The molecule has 1 heteroatoms. The standard InChI is InChI=1S/C36H25N/c1-3-14-31-25(9-1)11-8-18-32(31)26-19-21-29(22-20-26)37-30-13-7-12-27(23-30)36-24-28-10-2-4-15-33(28)34-16-5-6-17-35(34)36/h1-24,37H. The Labute approximate surface area is 216 Å². The number of benzene rings is 7. The van der Waals surface area contributed by atoms with E-state index in [1.165, 1.54) is 54.6 Å². The summed E-state index contributed by atoms with van der Waals surface area (Å²) in [4.78, 5) is 0. The number of anilines is 2. The summed E-state index contributed by atoms with van der Waals surface area (Å²) in [5.74, 6) is 0. The largest absolute Gasteiger partial charge is 0.356 e. The summed E-state index contributed by atoms with van der Waals surface area (Å²) in [7, 11) is 0. The van der Waals surface area contributed by atoms with Crippen LogP contribution < -0.4 is 5.32 Å². The minimum absolute atomic E-state index is 1.07. The molecule has 0 radical (unpaired) electrons. The van der Waals surface area contributed by atoms with Gasteiger partial charge in [-0.3, -0.25) is 0 Å². The molecule has 0 heterocycles. The second-order valence-corrected chi connectivity index (χ2v) is 9.50. The smallest absolute Gasteiger partial charge is 0.0390 e. The molecule has 0 spiro atoms. The molecule has 1 nitrogen and oxygen atoms in total. The molecule has 0 fully saturated rings. The van der Waals surface area contributed by atoms with E-state index in [1.54, 1.807) is 0 Å². The van der Waals surface area contributed by atoms with Crippen LogP contribution in [0.2, 0.25) is 0 Å². The van der Waals surface area contributed by atoms with Crippen LogP contribution in [0.4, 0.5) is 11.4 Å². The second-order valence-electron chi connectivity index (χ2n) is 9.50. The van der Waals surface area contributed by atoms with Gasteiger partial charge in [-0.15, -0.1) is 0 Å². The summed E-state index contributed by atoms with van der Waals surface area (Å²) >= 11 is 0. The lowest BCUT2D eigenvalue weighted by Gasteiger charge is -2.13. The quantitative estimate of drug-likeness (QED) is 0.252. The van der Waals surface area contributed by atoms with E-state index >= 15 is 0 Å². The number of hydrogen-bond donors (Lipinski definition) is 1. The lowest BCUT2D eigenvalue weighted by Crippen LogP contribution is -1.91. The molecule has 0 atom stereocenters. The van der Waals surface area contributed by atoms with Gasteiger partial charge in [0.1, 0.15) is 0 Å². The predicted octanol–water partition coefficient (Wildman–Crippen LogP) is 10.2. The molecular formula is C36H25N. The zero-order chi connectivity index (χ0) is 24.6. The van der Waals surface area contributed by atoms with Gasteiger partial charge in [0.15, 0.2) is 0 Å². The van der Waals surface area contributed by atoms with E-state index in [9.17, 15) is 0 Å². The van der Waals surface area contributed by atoms with Crippen LogP contribution in [-0.2, 0) is 0 Å². The zero-order valence-corrected chi connectivity index (χ0v) is 20.4. The van der Waals surface area contributed by atoms with Crippen LogP contribution in [0, 0.1) is 0 Å². The highest BCUT2D eigenvalue weighted by Crippen LogP contribution is 2.36. The average molecular weight is 472 g/mol. The molecule has 0 amide bonds. The van der Waals surface area contributed by atoms with Gasteiger partial charge in [-0.2, -0.15) is 0 Å². The van der Waals surface area contributed by atoms with Crippen molar-refractivity contribution in [1.29, 1.82) is 0 Å². The highest BCUT2D eigenvalue weighted by molar-refractivity contribution is 6.13. The lowest BCUT2D eigenvalue weighted by molar-refractivity contribution is 1.54. The Morgan fingerprint density at radius 1 is 0.324 bits per heavy atom. The zero-order valence-electron chi connectivity index (χ0n) is 20.4. The molecule has 0 aliphatic heterocycles. The maximum atomic E-state index is 3.62. The number of nitrogens with one attached hydrogen (secondary N) is 1. The van der Waals surface area contributed by atoms with E-state index in [-0.39, 0.29) is 0 Å². The van der Waals surface area contributed by atoms with Gasteiger partial charge in [-0.25, -0.2) is 0 Å². The molecule has 0 aromatic heterocycles. The van der Waals surface area contributed by atoms with Crippen molar-refractivity contribution in [3.05, 3.63) is 146 Å². The van der Waals surface area contributed by atoms with Gasteiger partial charge in [0.25, 0.3) is 0 Å². The summed E-state index contributed by atoms with van der Waals surface area (Å²) < 4.78 is 0. The minimum atomic E-state index is 1.07. The van der Waals surface area contributed by atoms with Crippen LogP contribution in [0.15, 0.2) is 146 Å². The maximum absolute atomic E-state index is 3.62. The summed E-state index contributed by atoms with van der Waals surface area (Å²) in [5.41, 5.74) is 7.09. The van der Waals surface area contributed by atoms with Gasteiger partial charge in [0.05, 0.1) is 0 Å². The van der Waals surface area contributed by atoms with Gasteiger partial charge < -0.3 is 5.32 Å². The number of fused-ring (bicyclic) bond motifs is 4. The molecule has 0 saturated carbocycles. The third-order valence-corrected chi connectivity index (χ3v) is 7.22. The number of hydrogen-bond acceptors (Lipinski definition) is 1. The highest BCUT2D eigenvalue weighted by atomic mass is 14.9. The van der Waals surface area contributed by atoms with E-state index in [2.05, 4.69) is 151 Å². The summed E-state index contributed by atoms with van der Waals surface area (Å²) in [6, 6.07) is 52.1. The molecule has 0 saturated heterocycles. The summed E-state index contributed by atoms with van der Waals surface area (Å²) in [6.07, 6.45) is 0. The first-order valence-corrected chi connectivity index (χ1v) is 12.7. The van der Waals surface area contributed by atoms with Gasteiger partial charge in [0.2, 0.25) is 0 Å². The Kier molecular flexibility index (Phi) is 5.19. The van der Waals surface area contributed by atoms with Crippen molar-refractivity contribution < 1.29 is 0 Å². The molecule has 0 aliphatic rings. The molecule has 7 aromatic carbocycles. The first-order chi connectivity index (χ1) is 18.3. The molecule has 0 bridgehead atoms. The second kappa shape index (κ2) is 8.96. The van der Waals surface area contributed by atoms with E-state index in [0.29, 0.717) is 0 Å². The monoisotopic (exact) mass is 471 g/mol. The SMILES string of the molecule is c1cc(Nc2ccc(-c3cccc4ccccc34)cc2)cc(-c2cc3ccccc3c3ccccc23)c1. The first kappa shape index (κ1) is 21.4. The topological polar surface area (TPSA) is 12.0 Å². The van der Waals surface area contributed by atoms with Crippen LogP contribution in [-0.4, -0.2) is 0 Å². The van der Waals surface area contributed by atoms with Gasteiger partial charge in [-0.1, -0.05) is 115 Å². The van der Waals surface area contributed by atoms with E-state index in [1.807, 2.05) is 0 Å². The molecule has 1 N–H and O–H groups in total. The normalized spacial score (nSPS) is 11.2. The van der Waals surface area contributed by atoms with Gasteiger partial charge >= 0.3 is 0 Å². The van der Waals surface area contributed by atoms with Crippen LogP contribution in [0.5, 0.6) is 0 Å². The van der Waals surface area contributed by atoms with E-state index < -0.39 is 0 Å². The van der Waals surface area contributed by atoms with Crippen molar-refractivity contribution in [2.24, 2.45) is 0 Å². The molecule has 7 aromatic rings. The van der Waals surface area contributed by atoms with Crippen molar-refractivity contribution in [2.45, 2.75) is 0 Å². The van der Waals surface area contributed by atoms with Crippen molar-refractivity contribution in [3.8, 4) is 22.3 Å². The molecule has 0 aliphatic carbocycles. The Balaban J connectivity index is 1.23. The van der Waals surface area contributed by atoms with Crippen molar-refractivity contribution in [3.63, 3.8) is 0 Å². The van der Waals surface area contributed by atoms with Crippen molar-refractivity contribution in [2.75, 3.05) is 5.32 Å². The minimum Gasteiger partial charge on any atom is -0.356 e. The van der Waals surface area contributed by atoms with Crippen molar-refractivity contribution in [1.82, 2.24) is 0 Å². The number of rotatable bonds is 4. The van der Waals surface area contributed by atoms with Crippen LogP contribution in [0.3, 0.4) is 0 Å².